The van der Waals surface area contributed by atoms with Crippen molar-refractivity contribution in [3.05, 3.63) is 23.8 Å². The van der Waals surface area contributed by atoms with E-state index in [4.69, 9.17) is 15.2 Å². The zero-order valence-electron chi connectivity index (χ0n) is 11.0. The summed E-state index contributed by atoms with van der Waals surface area (Å²) in [4.78, 5) is 14.3. The van der Waals surface area contributed by atoms with Gasteiger partial charge in [-0.15, -0.1) is 0 Å². The van der Waals surface area contributed by atoms with Crippen LogP contribution in [0.4, 0.5) is 0 Å². The minimum absolute atomic E-state index is 0.0375. The Bertz CT molecular complexity index is 517. The SMILES string of the molecule is CC1(CN)CCN(C(=O)c2ccc3c(c2)OCO3)C1. The Balaban J connectivity index is 1.78. The van der Waals surface area contributed by atoms with Crippen LogP contribution in [0.3, 0.4) is 0 Å². The van der Waals surface area contributed by atoms with E-state index in [-0.39, 0.29) is 18.1 Å². The monoisotopic (exact) mass is 262 g/mol. The average molecular weight is 262 g/mol. The summed E-state index contributed by atoms with van der Waals surface area (Å²) in [5, 5.41) is 0. The number of hydrogen-bond donors (Lipinski definition) is 1. The molecule has 2 aliphatic heterocycles. The number of likely N-dealkylation sites (tertiary alicyclic amines) is 1. The Morgan fingerprint density at radius 1 is 1.42 bits per heavy atom. The zero-order valence-corrected chi connectivity index (χ0v) is 11.0. The fraction of sp³-hybridized carbons (Fsp3) is 0.500. The lowest BCUT2D eigenvalue weighted by Crippen LogP contribution is -2.34. The maximum Gasteiger partial charge on any atom is 0.254 e. The molecule has 5 nitrogen and oxygen atoms in total. The molecule has 2 heterocycles. The largest absolute Gasteiger partial charge is 0.454 e. The Hall–Kier alpha value is -1.75. The van der Waals surface area contributed by atoms with Gasteiger partial charge in [0.1, 0.15) is 0 Å². The normalized spacial score (nSPS) is 24.8. The summed E-state index contributed by atoms with van der Waals surface area (Å²) in [5.41, 5.74) is 6.46. The van der Waals surface area contributed by atoms with Crippen molar-refractivity contribution >= 4 is 5.91 Å². The average Bonchev–Trinajstić information content (AvgIpc) is 3.04. The van der Waals surface area contributed by atoms with Crippen LogP contribution in [0.2, 0.25) is 0 Å². The summed E-state index contributed by atoms with van der Waals surface area (Å²) in [6.45, 7) is 4.44. The Kier molecular flexibility index (Phi) is 2.86. The third-order valence-electron chi connectivity index (χ3n) is 3.96. The van der Waals surface area contributed by atoms with Gasteiger partial charge in [0.2, 0.25) is 6.79 Å². The minimum atomic E-state index is 0.0375. The quantitative estimate of drug-likeness (QED) is 0.870. The van der Waals surface area contributed by atoms with E-state index in [1.165, 1.54) is 0 Å². The summed E-state index contributed by atoms with van der Waals surface area (Å²) in [6, 6.07) is 5.32. The van der Waals surface area contributed by atoms with Crippen LogP contribution in [0.25, 0.3) is 0 Å². The van der Waals surface area contributed by atoms with Gasteiger partial charge in [0.15, 0.2) is 11.5 Å². The molecule has 0 spiro atoms. The highest BCUT2D eigenvalue weighted by Gasteiger charge is 2.35. The van der Waals surface area contributed by atoms with Gasteiger partial charge in [-0.1, -0.05) is 6.92 Å². The first-order chi connectivity index (χ1) is 9.11. The van der Waals surface area contributed by atoms with Gasteiger partial charge in [-0.05, 0) is 36.6 Å². The molecule has 2 aliphatic rings. The van der Waals surface area contributed by atoms with Crippen molar-refractivity contribution in [2.75, 3.05) is 26.4 Å². The molecular formula is C14H18N2O3. The molecule has 0 saturated carbocycles. The van der Waals surface area contributed by atoms with Crippen LogP contribution in [0.1, 0.15) is 23.7 Å². The molecule has 1 aromatic rings. The first-order valence-corrected chi connectivity index (χ1v) is 6.50. The number of nitrogens with two attached hydrogens (primary N) is 1. The number of ether oxygens (including phenoxy) is 2. The molecule has 3 rings (SSSR count). The summed E-state index contributed by atoms with van der Waals surface area (Å²) >= 11 is 0. The number of amides is 1. The minimum Gasteiger partial charge on any atom is -0.454 e. The second-order valence-electron chi connectivity index (χ2n) is 5.56. The van der Waals surface area contributed by atoms with Crippen LogP contribution in [0.5, 0.6) is 11.5 Å². The van der Waals surface area contributed by atoms with Crippen molar-refractivity contribution in [3.8, 4) is 11.5 Å². The summed E-state index contributed by atoms with van der Waals surface area (Å²) in [7, 11) is 0. The molecule has 0 aromatic heterocycles. The molecule has 0 bridgehead atoms. The molecule has 0 radical (unpaired) electrons. The van der Waals surface area contributed by atoms with E-state index in [0.29, 0.717) is 23.6 Å². The van der Waals surface area contributed by atoms with Gasteiger partial charge in [-0.25, -0.2) is 0 Å². The van der Waals surface area contributed by atoms with Gasteiger partial charge in [0.05, 0.1) is 0 Å². The van der Waals surface area contributed by atoms with Crippen LogP contribution in [0, 0.1) is 5.41 Å². The van der Waals surface area contributed by atoms with E-state index in [9.17, 15) is 4.79 Å². The smallest absolute Gasteiger partial charge is 0.254 e. The molecule has 2 N–H and O–H groups in total. The summed E-state index contributed by atoms with van der Waals surface area (Å²) in [5.74, 6) is 1.38. The number of nitrogens with zero attached hydrogens (tertiary/aromatic N) is 1. The fourth-order valence-electron chi connectivity index (χ4n) is 2.58. The van der Waals surface area contributed by atoms with E-state index in [1.54, 1.807) is 18.2 Å². The number of hydrogen-bond acceptors (Lipinski definition) is 4. The van der Waals surface area contributed by atoms with Gasteiger partial charge < -0.3 is 20.1 Å². The Morgan fingerprint density at radius 2 is 2.21 bits per heavy atom. The Morgan fingerprint density at radius 3 is 2.95 bits per heavy atom. The lowest BCUT2D eigenvalue weighted by atomic mass is 9.90. The van der Waals surface area contributed by atoms with Crippen LogP contribution in [0.15, 0.2) is 18.2 Å². The molecule has 5 heteroatoms. The topological polar surface area (TPSA) is 64.8 Å². The lowest BCUT2D eigenvalue weighted by Gasteiger charge is -2.22. The summed E-state index contributed by atoms with van der Waals surface area (Å²) < 4.78 is 10.5. The zero-order chi connectivity index (χ0) is 13.5. The predicted molar refractivity (Wildman–Crippen MR) is 70.2 cm³/mol. The maximum absolute atomic E-state index is 12.4. The second-order valence-corrected chi connectivity index (χ2v) is 5.56. The molecule has 102 valence electrons. The van der Waals surface area contributed by atoms with Crippen molar-refractivity contribution in [2.45, 2.75) is 13.3 Å². The Labute approximate surface area is 112 Å². The van der Waals surface area contributed by atoms with E-state index < -0.39 is 0 Å². The third kappa shape index (κ3) is 2.14. The summed E-state index contributed by atoms with van der Waals surface area (Å²) in [6.07, 6.45) is 0.958. The van der Waals surface area contributed by atoms with E-state index in [0.717, 1.165) is 19.5 Å². The van der Waals surface area contributed by atoms with Crippen molar-refractivity contribution in [2.24, 2.45) is 11.1 Å². The van der Waals surface area contributed by atoms with Crippen LogP contribution in [-0.2, 0) is 0 Å². The highest BCUT2D eigenvalue weighted by Crippen LogP contribution is 2.34. The van der Waals surface area contributed by atoms with Gasteiger partial charge in [-0.2, -0.15) is 0 Å². The van der Waals surface area contributed by atoms with Crippen molar-refractivity contribution < 1.29 is 14.3 Å². The molecule has 0 aliphatic carbocycles. The van der Waals surface area contributed by atoms with E-state index >= 15 is 0 Å². The number of benzene rings is 1. The van der Waals surface area contributed by atoms with Gasteiger partial charge >= 0.3 is 0 Å². The van der Waals surface area contributed by atoms with E-state index in [1.807, 2.05) is 4.90 Å². The van der Waals surface area contributed by atoms with Crippen molar-refractivity contribution in [3.63, 3.8) is 0 Å². The van der Waals surface area contributed by atoms with Crippen molar-refractivity contribution in [1.82, 2.24) is 4.90 Å². The van der Waals surface area contributed by atoms with Crippen molar-refractivity contribution in [1.29, 1.82) is 0 Å². The van der Waals surface area contributed by atoms with Gasteiger partial charge in [-0.3, -0.25) is 4.79 Å². The highest BCUT2D eigenvalue weighted by atomic mass is 16.7. The number of rotatable bonds is 2. The standard InChI is InChI=1S/C14H18N2O3/c1-14(7-15)4-5-16(8-14)13(17)10-2-3-11-12(6-10)19-9-18-11/h2-3,6H,4-5,7-9,15H2,1H3. The first-order valence-electron chi connectivity index (χ1n) is 6.50. The highest BCUT2D eigenvalue weighted by molar-refractivity contribution is 5.95. The predicted octanol–water partition coefficient (Wildman–Crippen LogP) is 1.23. The van der Waals surface area contributed by atoms with Gasteiger partial charge in [0, 0.05) is 18.7 Å². The third-order valence-corrected chi connectivity index (χ3v) is 3.96. The first kappa shape index (κ1) is 12.3. The van der Waals surface area contributed by atoms with Crippen LogP contribution >= 0.6 is 0 Å². The molecule has 1 unspecified atom stereocenters. The molecule has 19 heavy (non-hydrogen) atoms. The maximum atomic E-state index is 12.4. The van der Waals surface area contributed by atoms with Crippen LogP contribution < -0.4 is 15.2 Å². The van der Waals surface area contributed by atoms with E-state index in [2.05, 4.69) is 6.92 Å². The van der Waals surface area contributed by atoms with Crippen LogP contribution in [-0.4, -0.2) is 37.2 Å². The second kappa shape index (κ2) is 4.42. The lowest BCUT2D eigenvalue weighted by molar-refractivity contribution is 0.0776. The molecule has 1 saturated heterocycles. The molecule has 1 fully saturated rings. The number of fused-ring (bicyclic) bond motifs is 1. The molecule has 1 amide bonds. The molecular weight excluding hydrogens is 244 g/mol. The number of carbonyl (C=O) groups is 1. The molecule has 1 aromatic carbocycles. The fourth-order valence-corrected chi connectivity index (χ4v) is 2.58. The van der Waals surface area contributed by atoms with Gasteiger partial charge in [0.25, 0.3) is 5.91 Å². The molecule has 1 atom stereocenters. The number of carbonyl (C=O) groups excluding carboxylic acids is 1.